The molecule has 11 nitrogen and oxygen atoms in total. The monoisotopic (exact) mass is 469 g/mol. The van der Waals surface area contributed by atoms with Crippen molar-refractivity contribution in [2.24, 2.45) is 0 Å². The largest absolute Gasteiger partial charge is 0.436 e. The first-order valence-corrected chi connectivity index (χ1v) is 10.3. The molecule has 0 saturated carbocycles. The van der Waals surface area contributed by atoms with E-state index in [1.54, 1.807) is 21.4 Å². The lowest BCUT2D eigenvalue weighted by Gasteiger charge is -2.33. The van der Waals surface area contributed by atoms with Gasteiger partial charge in [0, 0.05) is 26.2 Å². The summed E-state index contributed by atoms with van der Waals surface area (Å²) in [4.78, 5) is 30.9. The molecule has 4 rings (SSSR count). The van der Waals surface area contributed by atoms with Crippen molar-refractivity contribution < 1.29 is 27.1 Å². The van der Waals surface area contributed by atoms with Crippen LogP contribution in [-0.2, 0) is 22.3 Å². The number of nitrogens with zero attached hydrogens (tertiary/aromatic N) is 6. The van der Waals surface area contributed by atoms with Crippen molar-refractivity contribution in [3.05, 3.63) is 34.2 Å². The lowest BCUT2D eigenvalue weighted by molar-refractivity contribution is -0.141. The third-order valence-corrected chi connectivity index (χ3v) is 5.34. The highest BCUT2D eigenvalue weighted by atomic mass is 19.4. The maximum absolute atomic E-state index is 12.7. The number of aryl methyl sites for hydroxylation is 1. The van der Waals surface area contributed by atoms with E-state index < -0.39 is 11.9 Å². The van der Waals surface area contributed by atoms with E-state index in [4.69, 9.17) is 9.15 Å². The molecule has 0 atom stereocenters. The van der Waals surface area contributed by atoms with E-state index in [1.807, 2.05) is 0 Å². The quantitative estimate of drug-likeness (QED) is 0.512. The second-order valence-corrected chi connectivity index (χ2v) is 7.51. The summed E-state index contributed by atoms with van der Waals surface area (Å²) in [6, 6.07) is -0.101. The van der Waals surface area contributed by atoms with Crippen LogP contribution in [0.1, 0.15) is 17.8 Å². The Kier molecular flexibility index (Phi) is 6.35. The van der Waals surface area contributed by atoms with E-state index in [9.17, 15) is 22.8 Å². The zero-order valence-electron chi connectivity index (χ0n) is 17.8. The third-order valence-electron chi connectivity index (χ3n) is 5.34. The minimum atomic E-state index is -4.56. The standard InChI is InChI=1S/C19H22F3N7O4/c1-12-16-13(10-23-25-17(16)31)29(26-12)7-9-32-8-2-15(30)27-3-5-28(6-4-27)18-24-14(11-33-18)19(20,21)22/h10-11H,2-9H2,1H3,(H,25,31). The molecule has 1 amide bonds. The van der Waals surface area contributed by atoms with Crippen LogP contribution in [0.15, 0.2) is 21.7 Å². The van der Waals surface area contributed by atoms with Crippen molar-refractivity contribution in [3.8, 4) is 0 Å². The maximum atomic E-state index is 12.7. The highest BCUT2D eigenvalue weighted by Gasteiger charge is 2.36. The van der Waals surface area contributed by atoms with Gasteiger partial charge in [0.15, 0.2) is 5.69 Å². The number of hydrogen-bond donors (Lipinski definition) is 1. The summed E-state index contributed by atoms with van der Waals surface area (Å²) in [5.41, 5.74) is -0.162. The van der Waals surface area contributed by atoms with Crippen LogP contribution in [0.25, 0.3) is 10.9 Å². The Morgan fingerprint density at radius 3 is 2.70 bits per heavy atom. The van der Waals surface area contributed by atoms with Gasteiger partial charge in [0.05, 0.1) is 49.0 Å². The number of hydrogen-bond acceptors (Lipinski definition) is 8. The number of piperazine rings is 1. The van der Waals surface area contributed by atoms with Crippen LogP contribution in [-0.4, -0.2) is 75.2 Å². The van der Waals surface area contributed by atoms with Gasteiger partial charge in [0.2, 0.25) is 5.91 Å². The van der Waals surface area contributed by atoms with Crippen molar-refractivity contribution in [2.75, 3.05) is 44.3 Å². The van der Waals surface area contributed by atoms with Gasteiger partial charge in [0.25, 0.3) is 11.6 Å². The number of anilines is 1. The average Bonchev–Trinajstić information content (AvgIpc) is 3.40. The van der Waals surface area contributed by atoms with Gasteiger partial charge in [-0.05, 0) is 6.92 Å². The number of aromatic nitrogens is 5. The highest BCUT2D eigenvalue weighted by Crippen LogP contribution is 2.30. The first-order valence-electron chi connectivity index (χ1n) is 10.3. The Bertz CT molecular complexity index is 1180. The molecule has 0 spiro atoms. The van der Waals surface area contributed by atoms with Crippen LogP contribution < -0.4 is 10.5 Å². The first kappa shape index (κ1) is 22.8. The molecule has 1 N–H and O–H groups in total. The Hall–Kier alpha value is -3.42. The van der Waals surface area contributed by atoms with Crippen LogP contribution in [0.3, 0.4) is 0 Å². The Labute approximate surface area is 185 Å². The molecule has 1 fully saturated rings. The van der Waals surface area contributed by atoms with Crippen LogP contribution >= 0.6 is 0 Å². The number of halogens is 3. The third kappa shape index (κ3) is 4.99. The summed E-state index contributed by atoms with van der Waals surface area (Å²) < 4.78 is 50.1. The minimum Gasteiger partial charge on any atom is -0.431 e. The predicted octanol–water partition coefficient (Wildman–Crippen LogP) is 1.19. The van der Waals surface area contributed by atoms with Gasteiger partial charge in [-0.1, -0.05) is 0 Å². The molecule has 4 heterocycles. The molecule has 0 unspecified atom stereocenters. The van der Waals surface area contributed by atoms with E-state index >= 15 is 0 Å². The average molecular weight is 469 g/mol. The number of rotatable bonds is 7. The van der Waals surface area contributed by atoms with E-state index in [1.165, 1.54) is 6.20 Å². The fourth-order valence-electron chi connectivity index (χ4n) is 3.65. The SMILES string of the molecule is Cc1nn(CCOCCC(=O)N2CCN(c3nc(C(F)(F)F)co3)CC2)c2cn[nH]c(=O)c12. The van der Waals surface area contributed by atoms with Crippen molar-refractivity contribution in [2.45, 2.75) is 26.1 Å². The number of carbonyl (C=O) groups excluding carboxylic acids is 1. The van der Waals surface area contributed by atoms with Gasteiger partial charge in [-0.25, -0.2) is 5.10 Å². The van der Waals surface area contributed by atoms with Crippen LogP contribution in [0.4, 0.5) is 19.2 Å². The van der Waals surface area contributed by atoms with Crippen molar-refractivity contribution in [3.63, 3.8) is 0 Å². The molecule has 33 heavy (non-hydrogen) atoms. The van der Waals surface area contributed by atoms with Gasteiger partial charge >= 0.3 is 6.18 Å². The molecule has 1 saturated heterocycles. The number of carbonyl (C=O) groups is 1. The number of amides is 1. The Morgan fingerprint density at radius 2 is 2.00 bits per heavy atom. The summed E-state index contributed by atoms with van der Waals surface area (Å²) in [5, 5.41) is 11.0. The van der Waals surface area contributed by atoms with Gasteiger partial charge in [-0.3, -0.25) is 14.3 Å². The molecule has 3 aromatic rings. The number of aromatic amines is 1. The summed E-state index contributed by atoms with van der Waals surface area (Å²) in [7, 11) is 0. The Morgan fingerprint density at radius 1 is 1.24 bits per heavy atom. The van der Waals surface area contributed by atoms with Crippen LogP contribution in [0, 0.1) is 6.92 Å². The van der Waals surface area contributed by atoms with Gasteiger partial charge < -0.3 is 19.0 Å². The number of oxazole rings is 1. The second-order valence-electron chi connectivity index (χ2n) is 7.51. The molecule has 0 aliphatic carbocycles. The minimum absolute atomic E-state index is 0.101. The maximum Gasteiger partial charge on any atom is 0.436 e. The number of alkyl halides is 3. The van der Waals surface area contributed by atoms with Crippen molar-refractivity contribution >= 4 is 22.8 Å². The molecule has 14 heteroatoms. The second kappa shape index (κ2) is 9.21. The number of nitrogens with one attached hydrogen (secondary N) is 1. The zero-order chi connectivity index (χ0) is 23.6. The topological polar surface area (TPSA) is 122 Å². The van der Waals surface area contributed by atoms with E-state index in [-0.39, 0.29) is 30.5 Å². The lowest BCUT2D eigenvalue weighted by atomic mass is 10.3. The highest BCUT2D eigenvalue weighted by molar-refractivity contribution is 5.79. The van der Waals surface area contributed by atoms with Crippen molar-refractivity contribution in [1.29, 1.82) is 0 Å². The Balaban J connectivity index is 1.19. The summed E-state index contributed by atoms with van der Waals surface area (Å²) in [6.07, 6.45) is -2.26. The summed E-state index contributed by atoms with van der Waals surface area (Å²) in [5.74, 6) is -0.103. The summed E-state index contributed by atoms with van der Waals surface area (Å²) in [6.45, 7) is 4.00. The molecular formula is C19H22F3N7O4. The first-order chi connectivity index (χ1) is 15.7. The molecule has 3 aromatic heterocycles. The molecule has 0 aromatic carbocycles. The van der Waals surface area contributed by atoms with Gasteiger partial charge in [0.1, 0.15) is 6.26 Å². The predicted molar refractivity (Wildman–Crippen MR) is 109 cm³/mol. The fraction of sp³-hybridized carbons (Fsp3) is 0.526. The molecular weight excluding hydrogens is 447 g/mol. The van der Waals surface area contributed by atoms with Crippen molar-refractivity contribution in [1.82, 2.24) is 29.9 Å². The molecule has 1 aliphatic rings. The van der Waals surface area contributed by atoms with Crippen LogP contribution in [0.2, 0.25) is 0 Å². The molecule has 178 valence electrons. The fourth-order valence-corrected chi connectivity index (χ4v) is 3.65. The van der Waals surface area contributed by atoms with E-state index in [0.29, 0.717) is 62.2 Å². The normalized spacial score (nSPS) is 14.9. The smallest absolute Gasteiger partial charge is 0.431 e. The molecule has 1 aliphatic heterocycles. The summed E-state index contributed by atoms with van der Waals surface area (Å²) >= 11 is 0. The van der Waals surface area contributed by atoms with Gasteiger partial charge in [-0.15, -0.1) is 0 Å². The lowest BCUT2D eigenvalue weighted by Crippen LogP contribution is -2.49. The molecule has 0 bridgehead atoms. The van der Waals surface area contributed by atoms with E-state index in [2.05, 4.69) is 20.3 Å². The van der Waals surface area contributed by atoms with E-state index in [0.717, 1.165) is 0 Å². The zero-order valence-corrected chi connectivity index (χ0v) is 17.8. The van der Waals surface area contributed by atoms with Crippen LogP contribution in [0.5, 0.6) is 0 Å². The number of H-pyrrole nitrogens is 1. The van der Waals surface area contributed by atoms with Gasteiger partial charge in [-0.2, -0.15) is 28.4 Å². The molecule has 0 radical (unpaired) electrons. The number of ether oxygens (including phenoxy) is 1. The number of fused-ring (bicyclic) bond motifs is 1.